The average Bonchev–Trinajstić information content (AvgIpc) is 2.41. The predicted octanol–water partition coefficient (Wildman–Crippen LogP) is 0.513. The van der Waals surface area contributed by atoms with Crippen molar-refractivity contribution in [2.24, 2.45) is 5.73 Å². The predicted molar refractivity (Wildman–Crippen MR) is 32.6 cm³/mol. The Labute approximate surface area is 50.0 Å². The summed E-state index contributed by atoms with van der Waals surface area (Å²) in [6.07, 6.45) is 3.04. The van der Waals surface area contributed by atoms with Gasteiger partial charge in [0.05, 0.1) is 12.7 Å². The van der Waals surface area contributed by atoms with Crippen molar-refractivity contribution in [3.63, 3.8) is 0 Å². The van der Waals surface area contributed by atoms with Crippen LogP contribution in [0.3, 0.4) is 0 Å². The van der Waals surface area contributed by atoms with Gasteiger partial charge in [0.25, 0.3) is 0 Å². The summed E-state index contributed by atoms with van der Waals surface area (Å²) in [6.45, 7) is 2.69. The van der Waals surface area contributed by atoms with E-state index >= 15 is 0 Å². The van der Waals surface area contributed by atoms with Crippen LogP contribution in [-0.4, -0.2) is 18.8 Å². The molecule has 48 valence electrons. The van der Waals surface area contributed by atoms with Crippen LogP contribution < -0.4 is 5.73 Å². The topological polar surface area (TPSA) is 35.2 Å². The molecular formula is C6H13NO. The highest BCUT2D eigenvalue weighted by Gasteiger charge is 2.21. The van der Waals surface area contributed by atoms with Crippen molar-refractivity contribution < 1.29 is 4.74 Å². The van der Waals surface area contributed by atoms with Crippen molar-refractivity contribution in [2.45, 2.75) is 31.9 Å². The van der Waals surface area contributed by atoms with Crippen LogP contribution in [0.4, 0.5) is 0 Å². The zero-order valence-electron chi connectivity index (χ0n) is 5.26. The maximum atomic E-state index is 5.44. The van der Waals surface area contributed by atoms with Crippen LogP contribution in [0.2, 0.25) is 0 Å². The first-order valence-electron chi connectivity index (χ1n) is 3.16. The molecule has 1 aliphatic rings. The highest BCUT2D eigenvalue weighted by atomic mass is 16.5. The maximum Gasteiger partial charge on any atom is 0.0618 e. The average molecular weight is 115 g/mol. The zero-order chi connectivity index (χ0) is 5.98. The second-order valence-electron chi connectivity index (χ2n) is 2.51. The van der Waals surface area contributed by atoms with Crippen LogP contribution in [0.25, 0.3) is 0 Å². The maximum absolute atomic E-state index is 5.44. The summed E-state index contributed by atoms with van der Waals surface area (Å²) in [7, 11) is 0. The quantitative estimate of drug-likeness (QED) is 0.581. The molecule has 1 saturated carbocycles. The van der Waals surface area contributed by atoms with Gasteiger partial charge in [-0.2, -0.15) is 0 Å². The second kappa shape index (κ2) is 2.46. The molecule has 0 saturated heterocycles. The Bertz CT molecular complexity index is 66.9. The molecule has 0 radical (unpaired) electrons. The molecule has 0 amide bonds. The molecule has 1 aliphatic carbocycles. The lowest BCUT2D eigenvalue weighted by Gasteiger charge is -2.03. The van der Waals surface area contributed by atoms with E-state index in [1.807, 2.05) is 6.92 Å². The summed E-state index contributed by atoms with van der Waals surface area (Å²) in [5, 5.41) is 0. The lowest BCUT2D eigenvalue weighted by atomic mass is 10.4. The van der Waals surface area contributed by atoms with E-state index in [2.05, 4.69) is 0 Å². The lowest BCUT2D eigenvalue weighted by molar-refractivity contribution is 0.110. The molecule has 0 aromatic carbocycles. The summed E-state index contributed by atoms with van der Waals surface area (Å²) >= 11 is 0. The molecule has 2 N–H and O–H groups in total. The molecule has 1 atom stereocenters. The van der Waals surface area contributed by atoms with E-state index in [-0.39, 0.29) is 6.04 Å². The molecule has 2 heteroatoms. The molecule has 0 aromatic heterocycles. The van der Waals surface area contributed by atoms with E-state index in [4.69, 9.17) is 10.5 Å². The van der Waals surface area contributed by atoms with Gasteiger partial charge in [-0.3, -0.25) is 0 Å². The van der Waals surface area contributed by atoms with Crippen LogP contribution in [0.15, 0.2) is 0 Å². The van der Waals surface area contributed by atoms with E-state index in [1.54, 1.807) is 0 Å². The van der Waals surface area contributed by atoms with Crippen LogP contribution in [0.1, 0.15) is 19.8 Å². The molecule has 2 nitrogen and oxygen atoms in total. The van der Waals surface area contributed by atoms with Gasteiger partial charge in [-0.25, -0.2) is 0 Å². The highest BCUT2D eigenvalue weighted by molar-refractivity contribution is 4.73. The molecule has 8 heavy (non-hydrogen) atoms. The standard InChI is InChI=1S/C6H13NO/c1-5(7)4-8-6-2-3-6/h5-6H,2-4,7H2,1H3. The first-order valence-corrected chi connectivity index (χ1v) is 3.16. The van der Waals surface area contributed by atoms with Gasteiger partial charge in [-0.1, -0.05) is 0 Å². The third kappa shape index (κ3) is 2.28. The molecule has 1 rings (SSSR count). The van der Waals surface area contributed by atoms with Crippen molar-refractivity contribution in [2.75, 3.05) is 6.61 Å². The molecule has 1 unspecified atom stereocenters. The van der Waals surface area contributed by atoms with Gasteiger partial charge in [-0.05, 0) is 19.8 Å². The number of hydrogen-bond donors (Lipinski definition) is 1. The van der Waals surface area contributed by atoms with Crippen molar-refractivity contribution in [1.82, 2.24) is 0 Å². The minimum Gasteiger partial charge on any atom is -0.377 e. The third-order valence-corrected chi connectivity index (χ3v) is 1.12. The Hall–Kier alpha value is -0.0800. The molecule has 0 spiro atoms. The Morgan fingerprint density at radius 2 is 2.38 bits per heavy atom. The van der Waals surface area contributed by atoms with Crippen LogP contribution in [0.5, 0.6) is 0 Å². The van der Waals surface area contributed by atoms with Gasteiger partial charge in [0.1, 0.15) is 0 Å². The van der Waals surface area contributed by atoms with Crippen LogP contribution in [0, 0.1) is 0 Å². The summed E-state index contributed by atoms with van der Waals surface area (Å²) in [4.78, 5) is 0. The zero-order valence-corrected chi connectivity index (χ0v) is 5.26. The Balaban J connectivity index is 1.87. The minimum atomic E-state index is 0.204. The Morgan fingerprint density at radius 3 is 2.75 bits per heavy atom. The van der Waals surface area contributed by atoms with Gasteiger partial charge in [0.15, 0.2) is 0 Å². The van der Waals surface area contributed by atoms with E-state index in [9.17, 15) is 0 Å². The normalized spacial score (nSPS) is 23.2. The number of rotatable bonds is 3. The second-order valence-corrected chi connectivity index (χ2v) is 2.51. The fourth-order valence-corrected chi connectivity index (χ4v) is 0.523. The largest absolute Gasteiger partial charge is 0.377 e. The van der Waals surface area contributed by atoms with E-state index in [1.165, 1.54) is 12.8 Å². The molecular weight excluding hydrogens is 102 g/mol. The minimum absolute atomic E-state index is 0.204. The molecule has 0 heterocycles. The number of ether oxygens (including phenoxy) is 1. The van der Waals surface area contributed by atoms with Crippen molar-refractivity contribution >= 4 is 0 Å². The molecule has 0 aromatic rings. The van der Waals surface area contributed by atoms with E-state index in [0.29, 0.717) is 6.10 Å². The Kier molecular flexibility index (Phi) is 1.86. The van der Waals surface area contributed by atoms with E-state index < -0.39 is 0 Å². The summed E-state index contributed by atoms with van der Waals surface area (Å²) in [5.74, 6) is 0. The van der Waals surface area contributed by atoms with Gasteiger partial charge < -0.3 is 10.5 Å². The third-order valence-electron chi connectivity index (χ3n) is 1.12. The lowest BCUT2D eigenvalue weighted by Crippen LogP contribution is -2.22. The number of nitrogens with two attached hydrogens (primary N) is 1. The van der Waals surface area contributed by atoms with Crippen molar-refractivity contribution in [3.05, 3.63) is 0 Å². The summed E-state index contributed by atoms with van der Waals surface area (Å²) in [6, 6.07) is 0.204. The van der Waals surface area contributed by atoms with Gasteiger partial charge >= 0.3 is 0 Å². The SMILES string of the molecule is CC(N)COC1CC1. The smallest absolute Gasteiger partial charge is 0.0618 e. The van der Waals surface area contributed by atoms with Gasteiger partial charge in [0, 0.05) is 6.04 Å². The van der Waals surface area contributed by atoms with Crippen LogP contribution in [-0.2, 0) is 4.74 Å². The van der Waals surface area contributed by atoms with Gasteiger partial charge in [-0.15, -0.1) is 0 Å². The van der Waals surface area contributed by atoms with Crippen molar-refractivity contribution in [1.29, 1.82) is 0 Å². The summed E-state index contributed by atoms with van der Waals surface area (Å²) in [5.41, 5.74) is 5.44. The monoisotopic (exact) mass is 115 g/mol. The van der Waals surface area contributed by atoms with Gasteiger partial charge in [0.2, 0.25) is 0 Å². The first-order chi connectivity index (χ1) is 3.79. The first kappa shape index (κ1) is 6.05. The Morgan fingerprint density at radius 1 is 1.75 bits per heavy atom. The molecule has 0 bridgehead atoms. The van der Waals surface area contributed by atoms with Crippen LogP contribution >= 0.6 is 0 Å². The van der Waals surface area contributed by atoms with Crippen molar-refractivity contribution in [3.8, 4) is 0 Å². The van der Waals surface area contributed by atoms with E-state index in [0.717, 1.165) is 6.61 Å². The summed E-state index contributed by atoms with van der Waals surface area (Å²) < 4.78 is 5.29. The number of hydrogen-bond acceptors (Lipinski definition) is 2. The fourth-order valence-electron chi connectivity index (χ4n) is 0.523. The molecule has 0 aliphatic heterocycles. The molecule has 1 fully saturated rings. The fraction of sp³-hybridized carbons (Fsp3) is 1.00. The highest BCUT2D eigenvalue weighted by Crippen LogP contribution is 2.23.